The van der Waals surface area contributed by atoms with E-state index >= 15 is 0 Å². The Morgan fingerprint density at radius 1 is 1.47 bits per heavy atom. The summed E-state index contributed by atoms with van der Waals surface area (Å²) in [7, 11) is 0. The van der Waals surface area contributed by atoms with E-state index in [4.69, 9.17) is 0 Å². The fourth-order valence-corrected chi connectivity index (χ4v) is 2.39. The van der Waals surface area contributed by atoms with Crippen LogP contribution in [0.1, 0.15) is 18.1 Å². The number of halogens is 1. The van der Waals surface area contributed by atoms with Gasteiger partial charge < -0.3 is 5.32 Å². The van der Waals surface area contributed by atoms with Crippen molar-refractivity contribution in [3.8, 4) is 0 Å². The maximum absolute atomic E-state index is 3.55. The molecule has 1 atom stereocenters. The maximum atomic E-state index is 3.55. The Hall–Kier alpha value is 0.01000. The van der Waals surface area contributed by atoms with Crippen LogP contribution < -0.4 is 5.32 Å². The van der Waals surface area contributed by atoms with Gasteiger partial charge in [0.1, 0.15) is 0 Å². The first-order valence-electron chi connectivity index (χ1n) is 5.11. The van der Waals surface area contributed by atoms with Crippen molar-refractivity contribution in [1.82, 2.24) is 5.32 Å². The summed E-state index contributed by atoms with van der Waals surface area (Å²) in [5.41, 5.74) is 2.62. The van der Waals surface area contributed by atoms with E-state index in [1.807, 2.05) is 11.8 Å². The third kappa shape index (κ3) is 4.58. The summed E-state index contributed by atoms with van der Waals surface area (Å²) in [6, 6.07) is 7.09. The van der Waals surface area contributed by atoms with E-state index in [0.29, 0.717) is 6.04 Å². The van der Waals surface area contributed by atoms with Gasteiger partial charge in [-0.1, -0.05) is 28.1 Å². The molecule has 1 rings (SSSR count). The Morgan fingerprint density at radius 2 is 2.20 bits per heavy atom. The maximum Gasteiger partial charge on any atom is 0.0208 e. The molecule has 1 aromatic rings. The van der Waals surface area contributed by atoms with Gasteiger partial charge in [0.15, 0.2) is 0 Å². The van der Waals surface area contributed by atoms with Crippen LogP contribution in [0.3, 0.4) is 0 Å². The Kier molecular flexibility index (Phi) is 5.72. The first-order valence-corrected chi connectivity index (χ1v) is 7.29. The summed E-state index contributed by atoms with van der Waals surface area (Å²) in [4.78, 5) is 0. The summed E-state index contributed by atoms with van der Waals surface area (Å²) in [6.07, 6.45) is 2.14. The van der Waals surface area contributed by atoms with Crippen LogP contribution in [0.5, 0.6) is 0 Å². The number of rotatable bonds is 5. The van der Waals surface area contributed by atoms with E-state index in [9.17, 15) is 0 Å². The second-order valence-electron chi connectivity index (χ2n) is 3.82. The molecule has 0 spiro atoms. The molecule has 0 aliphatic heterocycles. The van der Waals surface area contributed by atoms with Crippen molar-refractivity contribution >= 4 is 27.7 Å². The third-order valence-corrected chi connectivity index (χ3v) is 4.00. The number of aryl methyl sites for hydroxylation is 1. The Bertz CT molecular complexity index is 314. The van der Waals surface area contributed by atoms with E-state index in [-0.39, 0.29) is 0 Å². The molecule has 1 aromatic carbocycles. The molecule has 0 fully saturated rings. The summed E-state index contributed by atoms with van der Waals surface area (Å²) < 4.78 is 1.19. The zero-order valence-corrected chi connectivity index (χ0v) is 11.9. The smallest absolute Gasteiger partial charge is 0.0208 e. The molecule has 1 N–H and O–H groups in total. The lowest BCUT2D eigenvalue weighted by molar-refractivity contribution is 0.596. The second kappa shape index (κ2) is 6.56. The van der Waals surface area contributed by atoms with Crippen LogP contribution in [0, 0.1) is 6.92 Å². The molecule has 0 heterocycles. The van der Waals surface area contributed by atoms with E-state index in [1.165, 1.54) is 15.6 Å². The molecule has 0 amide bonds. The molecule has 84 valence electrons. The first-order chi connectivity index (χ1) is 7.13. The number of hydrogen-bond donors (Lipinski definition) is 1. The molecule has 0 bridgehead atoms. The molecule has 15 heavy (non-hydrogen) atoms. The summed E-state index contributed by atoms with van der Waals surface area (Å²) in [6.45, 7) is 5.28. The molecule has 0 saturated carbocycles. The Morgan fingerprint density at radius 3 is 2.80 bits per heavy atom. The van der Waals surface area contributed by atoms with Crippen molar-refractivity contribution in [3.63, 3.8) is 0 Å². The number of hydrogen-bond acceptors (Lipinski definition) is 2. The van der Waals surface area contributed by atoms with Crippen LogP contribution in [0.4, 0.5) is 0 Å². The lowest BCUT2D eigenvalue weighted by Gasteiger charge is -2.12. The van der Waals surface area contributed by atoms with Crippen molar-refractivity contribution in [2.45, 2.75) is 26.4 Å². The standard InChI is InChI=1S/C12H18BrNS/c1-9-4-5-11(6-12(9)13)7-14-10(2)8-15-3/h4-6,10,14H,7-8H2,1-3H3. The average Bonchev–Trinajstić information content (AvgIpc) is 2.20. The van der Waals surface area contributed by atoms with Crippen LogP contribution >= 0.6 is 27.7 Å². The molecule has 3 heteroatoms. The zero-order valence-electron chi connectivity index (χ0n) is 9.51. The van der Waals surface area contributed by atoms with Crippen molar-refractivity contribution in [3.05, 3.63) is 33.8 Å². The predicted molar refractivity (Wildman–Crippen MR) is 73.6 cm³/mol. The monoisotopic (exact) mass is 287 g/mol. The molecule has 0 radical (unpaired) electrons. The van der Waals surface area contributed by atoms with E-state index in [2.05, 4.69) is 59.5 Å². The van der Waals surface area contributed by atoms with Crippen LogP contribution in [0.2, 0.25) is 0 Å². The molecule has 0 aromatic heterocycles. The highest BCUT2D eigenvalue weighted by molar-refractivity contribution is 9.10. The SMILES string of the molecule is CSCC(C)NCc1ccc(C)c(Br)c1. The minimum atomic E-state index is 0.570. The van der Waals surface area contributed by atoms with E-state index in [0.717, 1.165) is 12.3 Å². The van der Waals surface area contributed by atoms with Gasteiger partial charge in [0.2, 0.25) is 0 Å². The second-order valence-corrected chi connectivity index (χ2v) is 5.59. The summed E-state index contributed by atoms with van der Waals surface area (Å²) in [5, 5.41) is 3.50. The highest BCUT2D eigenvalue weighted by Crippen LogP contribution is 2.17. The predicted octanol–water partition coefficient (Wildman–Crippen LogP) is 3.60. The summed E-state index contributed by atoms with van der Waals surface area (Å²) in [5.74, 6) is 1.16. The van der Waals surface area contributed by atoms with Gasteiger partial charge in [0.05, 0.1) is 0 Å². The van der Waals surface area contributed by atoms with Gasteiger partial charge in [-0.25, -0.2) is 0 Å². The highest BCUT2D eigenvalue weighted by atomic mass is 79.9. The van der Waals surface area contributed by atoms with E-state index in [1.54, 1.807) is 0 Å². The molecule has 1 nitrogen and oxygen atoms in total. The minimum absolute atomic E-state index is 0.570. The molecular weight excluding hydrogens is 270 g/mol. The third-order valence-electron chi connectivity index (χ3n) is 2.31. The Labute approximate surface area is 105 Å². The van der Waals surface area contributed by atoms with Crippen LogP contribution in [-0.4, -0.2) is 18.1 Å². The van der Waals surface area contributed by atoms with Crippen molar-refractivity contribution in [2.75, 3.05) is 12.0 Å². The quantitative estimate of drug-likeness (QED) is 0.888. The molecule has 1 unspecified atom stereocenters. The van der Waals surface area contributed by atoms with Crippen molar-refractivity contribution in [2.24, 2.45) is 0 Å². The normalized spacial score (nSPS) is 12.8. The largest absolute Gasteiger partial charge is 0.309 e. The van der Waals surface area contributed by atoms with Crippen LogP contribution in [-0.2, 0) is 6.54 Å². The lowest BCUT2D eigenvalue weighted by Crippen LogP contribution is -2.27. The van der Waals surface area contributed by atoms with E-state index < -0.39 is 0 Å². The highest BCUT2D eigenvalue weighted by Gasteiger charge is 2.01. The fraction of sp³-hybridized carbons (Fsp3) is 0.500. The summed E-state index contributed by atoms with van der Waals surface area (Å²) >= 11 is 5.43. The van der Waals surface area contributed by atoms with Gasteiger partial charge in [-0.2, -0.15) is 11.8 Å². The zero-order chi connectivity index (χ0) is 11.3. The van der Waals surface area contributed by atoms with Crippen LogP contribution in [0.15, 0.2) is 22.7 Å². The van der Waals surface area contributed by atoms with Crippen LogP contribution in [0.25, 0.3) is 0 Å². The number of benzene rings is 1. The molecule has 0 aliphatic rings. The topological polar surface area (TPSA) is 12.0 Å². The van der Waals surface area contributed by atoms with Gasteiger partial charge in [0.25, 0.3) is 0 Å². The van der Waals surface area contributed by atoms with Gasteiger partial charge in [-0.15, -0.1) is 0 Å². The molecule has 0 saturated heterocycles. The molecule has 0 aliphatic carbocycles. The number of thioether (sulfide) groups is 1. The van der Waals surface area contributed by atoms with Crippen molar-refractivity contribution in [1.29, 1.82) is 0 Å². The lowest BCUT2D eigenvalue weighted by atomic mass is 10.1. The van der Waals surface area contributed by atoms with Gasteiger partial charge in [-0.3, -0.25) is 0 Å². The Balaban J connectivity index is 2.47. The first kappa shape index (κ1) is 13.1. The molecular formula is C12H18BrNS. The van der Waals surface area contributed by atoms with Crippen molar-refractivity contribution < 1.29 is 0 Å². The average molecular weight is 288 g/mol. The van der Waals surface area contributed by atoms with Gasteiger partial charge >= 0.3 is 0 Å². The minimum Gasteiger partial charge on any atom is -0.309 e. The van der Waals surface area contributed by atoms with Gasteiger partial charge in [-0.05, 0) is 37.3 Å². The number of nitrogens with one attached hydrogen (secondary N) is 1. The fourth-order valence-electron chi connectivity index (χ4n) is 1.35. The van der Waals surface area contributed by atoms with Gasteiger partial charge in [0, 0.05) is 22.8 Å².